The lowest BCUT2D eigenvalue weighted by molar-refractivity contribution is -0.120. The van der Waals surface area contributed by atoms with Crippen LogP contribution in [0.2, 0.25) is 0 Å². The Hall–Kier alpha value is -0.670. The molecule has 1 saturated heterocycles. The maximum atomic E-state index is 12.3. The van der Waals surface area contributed by atoms with Gasteiger partial charge in [0.05, 0.1) is 11.7 Å². The number of carbonyl (C=O) groups is 1. The number of piperidine rings is 1. The fourth-order valence-electron chi connectivity index (χ4n) is 2.37. The zero-order valence-corrected chi connectivity index (χ0v) is 14.9. The van der Waals surface area contributed by atoms with Crippen molar-refractivity contribution in [3.05, 3.63) is 27.8 Å². The number of rotatable bonds is 4. The predicted octanol–water partition coefficient (Wildman–Crippen LogP) is 2.29. The Morgan fingerprint density at radius 2 is 2.05 bits per heavy atom. The lowest BCUT2D eigenvalue weighted by Crippen LogP contribution is -2.44. The number of anilines is 1. The van der Waals surface area contributed by atoms with Gasteiger partial charge in [0, 0.05) is 22.3 Å². The van der Waals surface area contributed by atoms with Gasteiger partial charge in [-0.05, 0) is 66.6 Å². The third-order valence-corrected chi connectivity index (χ3v) is 6.19. The van der Waals surface area contributed by atoms with E-state index in [1.165, 1.54) is 4.31 Å². The van der Waals surface area contributed by atoms with E-state index in [0.29, 0.717) is 6.54 Å². The minimum atomic E-state index is -3.21. The van der Waals surface area contributed by atoms with E-state index >= 15 is 0 Å². The summed E-state index contributed by atoms with van der Waals surface area (Å²) in [6.45, 7) is 2.43. The first-order valence-electron chi connectivity index (χ1n) is 6.96. The molecule has 1 atom stereocenters. The van der Waals surface area contributed by atoms with Crippen LogP contribution in [-0.2, 0) is 14.8 Å². The number of benzene rings is 1. The van der Waals surface area contributed by atoms with Gasteiger partial charge in [0.15, 0.2) is 0 Å². The van der Waals surface area contributed by atoms with Crippen LogP contribution in [0.15, 0.2) is 24.3 Å². The molecule has 7 heteroatoms. The molecule has 0 aromatic heterocycles. The van der Waals surface area contributed by atoms with Crippen molar-refractivity contribution in [1.29, 1.82) is 0 Å². The van der Waals surface area contributed by atoms with E-state index in [-0.39, 0.29) is 24.1 Å². The van der Waals surface area contributed by atoms with Gasteiger partial charge in [-0.3, -0.25) is 4.79 Å². The number of halogens is 1. The van der Waals surface area contributed by atoms with E-state index in [4.69, 9.17) is 0 Å². The van der Waals surface area contributed by atoms with Gasteiger partial charge in [-0.15, -0.1) is 0 Å². The normalized spacial score (nSPS) is 20.2. The summed E-state index contributed by atoms with van der Waals surface area (Å²) in [5.74, 6) is -0.301. The molecule has 116 valence electrons. The molecule has 1 aromatic rings. The van der Waals surface area contributed by atoms with Crippen molar-refractivity contribution in [2.24, 2.45) is 5.92 Å². The highest BCUT2D eigenvalue weighted by Gasteiger charge is 2.31. The van der Waals surface area contributed by atoms with Gasteiger partial charge < -0.3 is 5.32 Å². The molecule has 0 saturated carbocycles. The van der Waals surface area contributed by atoms with Gasteiger partial charge in [-0.25, -0.2) is 12.7 Å². The maximum Gasteiger partial charge on any atom is 0.228 e. The van der Waals surface area contributed by atoms with Crippen LogP contribution >= 0.6 is 22.6 Å². The number of amides is 1. The molecular formula is C14H19IN2O3S. The molecule has 1 N–H and O–H groups in total. The second-order valence-electron chi connectivity index (χ2n) is 5.09. The maximum absolute atomic E-state index is 12.3. The molecule has 5 nitrogen and oxygen atoms in total. The van der Waals surface area contributed by atoms with Crippen LogP contribution in [0.25, 0.3) is 0 Å². The lowest BCUT2D eigenvalue weighted by Gasteiger charge is -2.30. The molecular weight excluding hydrogens is 403 g/mol. The van der Waals surface area contributed by atoms with Crippen molar-refractivity contribution >= 4 is 44.2 Å². The summed E-state index contributed by atoms with van der Waals surface area (Å²) in [5.41, 5.74) is 0.746. The summed E-state index contributed by atoms with van der Waals surface area (Å²) in [4.78, 5) is 12.3. The van der Waals surface area contributed by atoms with Crippen LogP contribution in [0.5, 0.6) is 0 Å². The molecule has 0 aliphatic carbocycles. The van der Waals surface area contributed by atoms with Crippen LogP contribution in [-0.4, -0.2) is 37.5 Å². The SMILES string of the molecule is CCS(=O)(=O)N1CCC[C@H](C(=O)Nc2ccc(I)cc2)C1. The third kappa shape index (κ3) is 4.40. The van der Waals surface area contributed by atoms with Crippen molar-refractivity contribution in [3.8, 4) is 0 Å². The Labute approximate surface area is 139 Å². The largest absolute Gasteiger partial charge is 0.326 e. The van der Waals surface area contributed by atoms with Crippen LogP contribution in [0, 0.1) is 9.49 Å². The van der Waals surface area contributed by atoms with E-state index in [1.54, 1.807) is 6.92 Å². The molecule has 1 heterocycles. The first kappa shape index (κ1) is 16.7. The highest BCUT2D eigenvalue weighted by atomic mass is 127. The van der Waals surface area contributed by atoms with E-state index in [9.17, 15) is 13.2 Å². The van der Waals surface area contributed by atoms with Crippen LogP contribution in [0.4, 0.5) is 5.69 Å². The topological polar surface area (TPSA) is 66.5 Å². The lowest BCUT2D eigenvalue weighted by atomic mass is 9.99. The number of carbonyl (C=O) groups excluding carboxylic acids is 1. The second-order valence-corrected chi connectivity index (χ2v) is 8.60. The first-order chi connectivity index (χ1) is 9.92. The number of nitrogens with zero attached hydrogens (tertiary/aromatic N) is 1. The van der Waals surface area contributed by atoms with Gasteiger partial charge in [0.2, 0.25) is 15.9 Å². The van der Waals surface area contributed by atoms with Crippen molar-refractivity contribution in [2.75, 3.05) is 24.2 Å². The molecule has 1 aromatic carbocycles. The molecule has 0 unspecified atom stereocenters. The van der Waals surface area contributed by atoms with E-state index in [0.717, 1.165) is 22.1 Å². The Balaban J connectivity index is 2.01. The molecule has 1 aliphatic rings. The summed E-state index contributed by atoms with van der Waals surface area (Å²) < 4.78 is 26.4. The second kappa shape index (κ2) is 7.06. The molecule has 0 bridgehead atoms. The predicted molar refractivity (Wildman–Crippen MR) is 91.5 cm³/mol. The zero-order valence-electron chi connectivity index (χ0n) is 11.9. The fourth-order valence-corrected chi connectivity index (χ4v) is 3.91. The van der Waals surface area contributed by atoms with Crippen LogP contribution < -0.4 is 5.32 Å². The van der Waals surface area contributed by atoms with Crippen molar-refractivity contribution in [3.63, 3.8) is 0 Å². The number of hydrogen-bond donors (Lipinski definition) is 1. The monoisotopic (exact) mass is 422 g/mol. The summed E-state index contributed by atoms with van der Waals surface area (Å²) in [7, 11) is -3.21. The number of sulfonamides is 1. The van der Waals surface area contributed by atoms with Gasteiger partial charge in [-0.2, -0.15) is 0 Å². The highest BCUT2D eigenvalue weighted by molar-refractivity contribution is 14.1. The van der Waals surface area contributed by atoms with Gasteiger partial charge >= 0.3 is 0 Å². The fraction of sp³-hybridized carbons (Fsp3) is 0.500. The molecule has 0 radical (unpaired) electrons. The Bertz CT molecular complexity index is 601. The zero-order chi connectivity index (χ0) is 15.5. The van der Waals surface area contributed by atoms with Crippen molar-refractivity contribution < 1.29 is 13.2 Å². The smallest absolute Gasteiger partial charge is 0.228 e. The quantitative estimate of drug-likeness (QED) is 0.758. The first-order valence-corrected chi connectivity index (χ1v) is 9.65. The molecule has 1 fully saturated rings. The van der Waals surface area contributed by atoms with Gasteiger partial charge in [0.1, 0.15) is 0 Å². The van der Waals surface area contributed by atoms with Gasteiger partial charge in [0.25, 0.3) is 0 Å². The minimum absolute atomic E-state index is 0.0818. The van der Waals surface area contributed by atoms with E-state index in [1.807, 2.05) is 24.3 Å². The molecule has 1 aliphatic heterocycles. The third-order valence-electron chi connectivity index (χ3n) is 3.62. The molecule has 1 amide bonds. The van der Waals surface area contributed by atoms with Crippen molar-refractivity contribution in [2.45, 2.75) is 19.8 Å². The standard InChI is InChI=1S/C14H19IN2O3S/c1-2-21(19,20)17-9-3-4-11(10-17)14(18)16-13-7-5-12(15)6-8-13/h5-8,11H,2-4,9-10H2,1H3,(H,16,18)/t11-/m0/s1. The Morgan fingerprint density at radius 3 is 2.67 bits per heavy atom. The summed E-state index contributed by atoms with van der Waals surface area (Å²) in [5, 5.41) is 2.87. The average molecular weight is 422 g/mol. The summed E-state index contributed by atoms with van der Waals surface area (Å²) in [6, 6.07) is 7.54. The summed E-state index contributed by atoms with van der Waals surface area (Å²) in [6.07, 6.45) is 1.45. The molecule has 21 heavy (non-hydrogen) atoms. The van der Waals surface area contributed by atoms with E-state index < -0.39 is 10.0 Å². The highest BCUT2D eigenvalue weighted by Crippen LogP contribution is 2.21. The summed E-state index contributed by atoms with van der Waals surface area (Å²) >= 11 is 2.20. The molecule has 0 spiro atoms. The van der Waals surface area contributed by atoms with E-state index in [2.05, 4.69) is 27.9 Å². The van der Waals surface area contributed by atoms with Gasteiger partial charge in [-0.1, -0.05) is 0 Å². The molecule has 2 rings (SSSR count). The average Bonchev–Trinajstić information content (AvgIpc) is 2.49. The Kier molecular flexibility index (Phi) is 5.61. The van der Waals surface area contributed by atoms with Crippen molar-refractivity contribution in [1.82, 2.24) is 4.31 Å². The van der Waals surface area contributed by atoms with Crippen LogP contribution in [0.1, 0.15) is 19.8 Å². The Morgan fingerprint density at radius 1 is 1.38 bits per heavy atom. The minimum Gasteiger partial charge on any atom is -0.326 e. The van der Waals surface area contributed by atoms with Crippen LogP contribution in [0.3, 0.4) is 0 Å². The number of hydrogen-bond acceptors (Lipinski definition) is 3. The number of nitrogens with one attached hydrogen (secondary N) is 1.